The fourth-order valence-electron chi connectivity index (χ4n) is 1.95. The molecule has 0 aliphatic carbocycles. The first-order chi connectivity index (χ1) is 10.2. The molecule has 2 aromatic rings. The van der Waals surface area contributed by atoms with Crippen molar-refractivity contribution in [3.63, 3.8) is 0 Å². The number of halogens is 4. The monoisotopic (exact) mass is 376 g/mol. The Hall–Kier alpha value is -2.00. The van der Waals surface area contributed by atoms with Crippen LogP contribution in [0.15, 0.2) is 41.0 Å². The number of aliphatic hydroxyl groups is 1. The van der Waals surface area contributed by atoms with Crippen LogP contribution < -0.4 is 0 Å². The number of benzene rings is 1. The Balaban J connectivity index is 2.61. The lowest BCUT2D eigenvalue weighted by Crippen LogP contribution is -2.15. The molecule has 0 aliphatic heterocycles. The fraction of sp³-hybridized carbons (Fsp3) is 0.154. The van der Waals surface area contributed by atoms with Crippen LogP contribution in [0.5, 0.6) is 0 Å². The summed E-state index contributed by atoms with van der Waals surface area (Å²) in [7, 11) is 0. The summed E-state index contributed by atoms with van der Waals surface area (Å²) < 4.78 is 39.2. The first-order valence-electron chi connectivity index (χ1n) is 5.86. The van der Waals surface area contributed by atoms with Crippen LogP contribution >= 0.6 is 15.9 Å². The molecule has 0 fully saturated rings. The van der Waals surface area contributed by atoms with Gasteiger partial charge in [0, 0.05) is 22.3 Å². The number of alkyl halides is 3. The third-order valence-corrected chi connectivity index (χ3v) is 3.38. The molecule has 1 atom stereocenters. The zero-order chi connectivity index (χ0) is 16.5. The highest BCUT2D eigenvalue weighted by atomic mass is 79.9. The Kier molecular flexibility index (Phi) is 4.47. The molecule has 1 aromatic carbocycles. The van der Waals surface area contributed by atoms with Crippen molar-refractivity contribution in [3.05, 3.63) is 67.9 Å². The summed E-state index contributed by atoms with van der Waals surface area (Å²) in [6.45, 7) is 0. The van der Waals surface area contributed by atoms with Gasteiger partial charge in [-0.1, -0.05) is 22.0 Å². The molecule has 2 rings (SSSR count). The first kappa shape index (κ1) is 16.4. The van der Waals surface area contributed by atoms with Gasteiger partial charge in [-0.15, -0.1) is 0 Å². The van der Waals surface area contributed by atoms with Crippen molar-refractivity contribution < 1.29 is 23.2 Å². The predicted molar refractivity (Wildman–Crippen MR) is 74.1 cm³/mol. The van der Waals surface area contributed by atoms with Crippen LogP contribution in [0.1, 0.15) is 22.9 Å². The predicted octanol–water partition coefficient (Wildman–Crippen LogP) is 3.85. The summed E-state index contributed by atoms with van der Waals surface area (Å²) in [5.41, 5.74) is -2.56. The minimum absolute atomic E-state index is 0.252. The van der Waals surface area contributed by atoms with E-state index in [9.17, 15) is 28.4 Å². The molecule has 0 spiro atoms. The molecule has 116 valence electrons. The number of hydrogen-bond acceptors (Lipinski definition) is 4. The van der Waals surface area contributed by atoms with E-state index >= 15 is 0 Å². The van der Waals surface area contributed by atoms with E-state index in [-0.39, 0.29) is 5.56 Å². The molecule has 0 amide bonds. The van der Waals surface area contributed by atoms with Gasteiger partial charge in [0.25, 0.3) is 5.69 Å². The third-order valence-electron chi connectivity index (χ3n) is 2.88. The quantitative estimate of drug-likeness (QED) is 0.651. The largest absolute Gasteiger partial charge is 0.433 e. The van der Waals surface area contributed by atoms with E-state index < -0.39 is 34.1 Å². The summed E-state index contributed by atoms with van der Waals surface area (Å²) in [6, 6.07) is 5.92. The average molecular weight is 377 g/mol. The highest BCUT2D eigenvalue weighted by molar-refractivity contribution is 9.10. The van der Waals surface area contributed by atoms with E-state index in [1.165, 1.54) is 18.2 Å². The number of pyridine rings is 1. The molecule has 1 heterocycles. The summed E-state index contributed by atoms with van der Waals surface area (Å²) in [4.78, 5) is 13.4. The van der Waals surface area contributed by atoms with Gasteiger partial charge in [-0.3, -0.25) is 15.1 Å². The molecule has 1 unspecified atom stereocenters. The van der Waals surface area contributed by atoms with Gasteiger partial charge in [-0.05, 0) is 18.2 Å². The second-order valence-electron chi connectivity index (χ2n) is 4.30. The Morgan fingerprint density at radius 1 is 1.27 bits per heavy atom. The molecule has 1 N–H and O–H groups in total. The fourth-order valence-corrected chi connectivity index (χ4v) is 2.33. The van der Waals surface area contributed by atoms with E-state index in [4.69, 9.17) is 0 Å². The SMILES string of the molecule is O=[N+]([O-])c1ccc(Br)cc1C(O)c1cccnc1C(F)(F)F. The van der Waals surface area contributed by atoms with Crippen molar-refractivity contribution in [2.75, 3.05) is 0 Å². The van der Waals surface area contributed by atoms with E-state index in [1.54, 1.807) is 0 Å². The van der Waals surface area contributed by atoms with Crippen LogP contribution in [-0.4, -0.2) is 15.0 Å². The van der Waals surface area contributed by atoms with Gasteiger partial charge >= 0.3 is 6.18 Å². The molecule has 1 aromatic heterocycles. The number of nitro benzene ring substituents is 1. The minimum atomic E-state index is -4.78. The maximum atomic E-state index is 12.9. The highest BCUT2D eigenvalue weighted by Gasteiger charge is 2.38. The van der Waals surface area contributed by atoms with Crippen LogP contribution in [0.2, 0.25) is 0 Å². The van der Waals surface area contributed by atoms with Crippen molar-refractivity contribution in [3.8, 4) is 0 Å². The number of nitrogens with zero attached hydrogens (tertiary/aromatic N) is 2. The van der Waals surface area contributed by atoms with Crippen molar-refractivity contribution >= 4 is 21.6 Å². The number of aliphatic hydroxyl groups excluding tert-OH is 1. The second-order valence-corrected chi connectivity index (χ2v) is 5.22. The maximum absolute atomic E-state index is 12.9. The summed E-state index contributed by atoms with van der Waals surface area (Å²) in [5.74, 6) is 0. The highest BCUT2D eigenvalue weighted by Crippen LogP contribution is 2.38. The second kappa shape index (κ2) is 6.01. The minimum Gasteiger partial charge on any atom is -0.383 e. The standard InChI is InChI=1S/C13H8BrF3N2O3/c14-7-3-4-10(19(21)22)9(6-7)11(20)8-2-1-5-18-12(8)13(15,16)17/h1-6,11,20H. The maximum Gasteiger partial charge on any atom is 0.433 e. The van der Waals surface area contributed by atoms with Gasteiger partial charge < -0.3 is 5.11 Å². The topological polar surface area (TPSA) is 76.3 Å². The van der Waals surface area contributed by atoms with Gasteiger partial charge in [0.05, 0.1) is 10.5 Å². The van der Waals surface area contributed by atoms with Crippen LogP contribution in [0.3, 0.4) is 0 Å². The van der Waals surface area contributed by atoms with E-state index in [2.05, 4.69) is 20.9 Å². The number of hydrogen-bond donors (Lipinski definition) is 1. The van der Waals surface area contributed by atoms with Crippen LogP contribution in [0, 0.1) is 10.1 Å². The molecule has 22 heavy (non-hydrogen) atoms. The molecule has 0 bridgehead atoms. The Bertz CT molecular complexity index is 722. The van der Waals surface area contributed by atoms with Gasteiger partial charge in [0.15, 0.2) is 5.69 Å². The number of aromatic nitrogens is 1. The lowest BCUT2D eigenvalue weighted by Gasteiger charge is -2.17. The Labute approximate surface area is 130 Å². The Morgan fingerprint density at radius 3 is 2.55 bits per heavy atom. The lowest BCUT2D eigenvalue weighted by atomic mass is 9.98. The van der Waals surface area contributed by atoms with Gasteiger partial charge in [-0.25, -0.2) is 0 Å². The molecule has 9 heteroatoms. The van der Waals surface area contributed by atoms with Gasteiger partial charge in [0.2, 0.25) is 0 Å². The summed E-state index contributed by atoms with van der Waals surface area (Å²) >= 11 is 3.07. The van der Waals surface area contributed by atoms with Crippen LogP contribution in [0.25, 0.3) is 0 Å². The van der Waals surface area contributed by atoms with Crippen molar-refractivity contribution in [1.29, 1.82) is 0 Å². The number of rotatable bonds is 3. The average Bonchev–Trinajstić information content (AvgIpc) is 2.45. The van der Waals surface area contributed by atoms with Gasteiger partial charge in [0.1, 0.15) is 6.10 Å². The van der Waals surface area contributed by atoms with Crippen LogP contribution in [-0.2, 0) is 6.18 Å². The first-order valence-corrected chi connectivity index (χ1v) is 6.65. The lowest BCUT2D eigenvalue weighted by molar-refractivity contribution is -0.386. The normalized spacial score (nSPS) is 13.0. The van der Waals surface area contributed by atoms with Crippen molar-refractivity contribution in [1.82, 2.24) is 4.98 Å². The summed E-state index contributed by atoms with van der Waals surface area (Å²) in [6.07, 6.45) is -5.67. The zero-order valence-corrected chi connectivity index (χ0v) is 12.3. The van der Waals surface area contributed by atoms with Crippen molar-refractivity contribution in [2.45, 2.75) is 12.3 Å². The molecule has 0 saturated heterocycles. The smallest absolute Gasteiger partial charge is 0.383 e. The van der Waals surface area contributed by atoms with Crippen LogP contribution in [0.4, 0.5) is 18.9 Å². The third kappa shape index (κ3) is 3.25. The summed E-state index contributed by atoms with van der Waals surface area (Å²) in [5, 5.41) is 21.2. The zero-order valence-electron chi connectivity index (χ0n) is 10.7. The molecule has 5 nitrogen and oxygen atoms in total. The van der Waals surface area contributed by atoms with E-state index in [0.717, 1.165) is 18.3 Å². The van der Waals surface area contributed by atoms with E-state index in [1.807, 2.05) is 0 Å². The van der Waals surface area contributed by atoms with Crippen molar-refractivity contribution in [2.24, 2.45) is 0 Å². The number of nitro groups is 1. The molecule has 0 aliphatic rings. The Morgan fingerprint density at radius 2 is 1.95 bits per heavy atom. The molecule has 0 saturated carbocycles. The molecular weight excluding hydrogens is 369 g/mol. The molecule has 0 radical (unpaired) electrons. The van der Waals surface area contributed by atoms with E-state index in [0.29, 0.717) is 4.47 Å². The molecular formula is C13H8BrF3N2O3. The van der Waals surface area contributed by atoms with Gasteiger partial charge in [-0.2, -0.15) is 13.2 Å².